The van der Waals surface area contributed by atoms with Gasteiger partial charge in [-0.1, -0.05) is 42.5 Å². The molecule has 0 unspecified atom stereocenters. The van der Waals surface area contributed by atoms with Crippen molar-refractivity contribution in [2.75, 3.05) is 12.8 Å². The average Bonchev–Trinajstić information content (AvgIpc) is 2.54. The van der Waals surface area contributed by atoms with Gasteiger partial charge < -0.3 is 5.32 Å². The van der Waals surface area contributed by atoms with E-state index in [0.29, 0.717) is 6.54 Å². The maximum atomic E-state index is 12.2. The molecule has 0 aliphatic heterocycles. The number of hydrogen-bond donors (Lipinski definition) is 1. The molecule has 4 nitrogen and oxygen atoms in total. The molecule has 2 aromatic rings. The molecular weight excluding hydrogens is 310 g/mol. The summed E-state index contributed by atoms with van der Waals surface area (Å²) in [7, 11) is -3.41. The van der Waals surface area contributed by atoms with Crippen molar-refractivity contribution in [2.45, 2.75) is 24.2 Å². The Kier molecular flexibility index (Phi) is 5.93. The van der Waals surface area contributed by atoms with E-state index in [4.69, 9.17) is 0 Å². The number of benzene rings is 2. The van der Waals surface area contributed by atoms with Crippen molar-refractivity contribution in [3.8, 4) is 0 Å². The van der Waals surface area contributed by atoms with Crippen LogP contribution in [0.5, 0.6) is 0 Å². The molecule has 0 atom stereocenters. The first-order valence-electron chi connectivity index (χ1n) is 7.59. The van der Waals surface area contributed by atoms with Gasteiger partial charge in [-0.3, -0.25) is 4.79 Å². The fourth-order valence-corrected chi connectivity index (χ4v) is 3.26. The van der Waals surface area contributed by atoms with Gasteiger partial charge in [0.2, 0.25) is 0 Å². The minimum absolute atomic E-state index is 0.0711. The Morgan fingerprint density at radius 1 is 0.957 bits per heavy atom. The van der Waals surface area contributed by atoms with Crippen LogP contribution in [0, 0.1) is 0 Å². The Labute approximate surface area is 137 Å². The lowest BCUT2D eigenvalue weighted by Crippen LogP contribution is -2.26. The third-order valence-corrected chi connectivity index (χ3v) is 4.71. The van der Waals surface area contributed by atoms with Gasteiger partial charge in [-0.15, -0.1) is 0 Å². The van der Waals surface area contributed by atoms with Gasteiger partial charge >= 0.3 is 0 Å². The second kappa shape index (κ2) is 7.92. The van der Waals surface area contributed by atoms with Crippen LogP contribution in [0.15, 0.2) is 59.5 Å². The van der Waals surface area contributed by atoms with Crippen molar-refractivity contribution in [1.29, 1.82) is 0 Å². The molecule has 0 saturated carbocycles. The summed E-state index contributed by atoms with van der Waals surface area (Å²) in [6.07, 6.45) is 3.90. The van der Waals surface area contributed by atoms with E-state index in [0.717, 1.165) is 25.5 Å². The highest BCUT2D eigenvalue weighted by atomic mass is 32.2. The van der Waals surface area contributed by atoms with E-state index in [2.05, 4.69) is 17.4 Å². The second-order valence-corrected chi connectivity index (χ2v) is 7.45. The van der Waals surface area contributed by atoms with E-state index < -0.39 is 9.84 Å². The topological polar surface area (TPSA) is 63.2 Å². The molecule has 0 aromatic heterocycles. The van der Waals surface area contributed by atoms with Crippen molar-refractivity contribution in [3.63, 3.8) is 0 Å². The molecular formula is C18H21NO3S. The third kappa shape index (κ3) is 5.21. The predicted molar refractivity (Wildman–Crippen MR) is 91.3 cm³/mol. The number of carbonyl (C=O) groups is 1. The number of hydrogen-bond acceptors (Lipinski definition) is 3. The lowest BCUT2D eigenvalue weighted by molar-refractivity contribution is 0.0949. The zero-order valence-electron chi connectivity index (χ0n) is 13.2. The molecule has 0 heterocycles. The summed E-state index contributed by atoms with van der Waals surface area (Å²) >= 11 is 0. The molecule has 122 valence electrons. The summed E-state index contributed by atoms with van der Waals surface area (Å²) in [6, 6.07) is 16.5. The molecule has 1 amide bonds. The van der Waals surface area contributed by atoms with Crippen molar-refractivity contribution < 1.29 is 13.2 Å². The summed E-state index contributed by atoms with van der Waals surface area (Å²) < 4.78 is 23.4. The van der Waals surface area contributed by atoms with Gasteiger partial charge in [0, 0.05) is 12.8 Å². The minimum atomic E-state index is -3.41. The molecule has 0 fully saturated rings. The van der Waals surface area contributed by atoms with E-state index in [1.807, 2.05) is 18.2 Å². The highest BCUT2D eigenvalue weighted by Crippen LogP contribution is 2.15. The molecule has 0 aliphatic rings. The van der Waals surface area contributed by atoms with E-state index in [-0.39, 0.29) is 16.4 Å². The van der Waals surface area contributed by atoms with Gasteiger partial charge in [0.15, 0.2) is 9.84 Å². The van der Waals surface area contributed by atoms with Crippen molar-refractivity contribution in [1.82, 2.24) is 5.32 Å². The summed E-state index contributed by atoms with van der Waals surface area (Å²) in [4.78, 5) is 12.2. The first-order chi connectivity index (χ1) is 11.0. The van der Waals surface area contributed by atoms with Gasteiger partial charge in [0.25, 0.3) is 5.91 Å². The van der Waals surface area contributed by atoms with Gasteiger partial charge in [-0.25, -0.2) is 8.42 Å². The summed E-state index contributed by atoms with van der Waals surface area (Å²) in [6.45, 7) is 0.532. The maximum Gasteiger partial charge on any atom is 0.252 e. The molecule has 0 radical (unpaired) electrons. The Morgan fingerprint density at radius 3 is 2.30 bits per heavy atom. The summed E-state index contributed by atoms with van der Waals surface area (Å²) in [5, 5.41) is 2.79. The fraction of sp³-hybridized carbons (Fsp3) is 0.278. The van der Waals surface area contributed by atoms with Gasteiger partial charge in [-0.2, -0.15) is 0 Å². The maximum absolute atomic E-state index is 12.2. The van der Waals surface area contributed by atoms with E-state index >= 15 is 0 Å². The van der Waals surface area contributed by atoms with Crippen LogP contribution in [0.4, 0.5) is 0 Å². The van der Waals surface area contributed by atoms with E-state index in [9.17, 15) is 13.2 Å². The number of unbranched alkanes of at least 4 members (excludes halogenated alkanes) is 1. The zero-order valence-corrected chi connectivity index (χ0v) is 14.0. The highest BCUT2D eigenvalue weighted by molar-refractivity contribution is 7.90. The highest BCUT2D eigenvalue weighted by Gasteiger charge is 2.17. The van der Waals surface area contributed by atoms with Gasteiger partial charge in [0.1, 0.15) is 0 Å². The standard InChI is InChI=1S/C18H21NO3S/c1-23(21,22)17-13-6-5-12-16(17)18(20)19-14-8-7-11-15-9-3-2-4-10-15/h2-6,9-10,12-13H,7-8,11,14H2,1H3,(H,19,20). The molecule has 2 aromatic carbocycles. The van der Waals surface area contributed by atoms with Crippen LogP contribution in [-0.2, 0) is 16.3 Å². The molecule has 2 rings (SSSR count). The first-order valence-corrected chi connectivity index (χ1v) is 9.49. The molecule has 0 spiro atoms. The molecule has 5 heteroatoms. The number of carbonyl (C=O) groups excluding carboxylic acids is 1. The Hall–Kier alpha value is -2.14. The lowest BCUT2D eigenvalue weighted by atomic mass is 10.1. The SMILES string of the molecule is CS(=O)(=O)c1ccccc1C(=O)NCCCCc1ccccc1. The normalized spacial score (nSPS) is 11.2. The van der Waals surface area contributed by atoms with E-state index in [1.54, 1.807) is 12.1 Å². The molecule has 0 bridgehead atoms. The number of amides is 1. The molecule has 0 saturated heterocycles. The lowest BCUT2D eigenvalue weighted by Gasteiger charge is -2.09. The number of sulfone groups is 1. The largest absolute Gasteiger partial charge is 0.352 e. The Bertz CT molecular complexity index is 755. The average molecular weight is 331 g/mol. The van der Waals surface area contributed by atoms with Crippen LogP contribution in [0.3, 0.4) is 0 Å². The summed E-state index contributed by atoms with van der Waals surface area (Å²) in [5.41, 5.74) is 1.49. The smallest absolute Gasteiger partial charge is 0.252 e. The van der Waals surface area contributed by atoms with Crippen LogP contribution < -0.4 is 5.32 Å². The summed E-state index contributed by atoms with van der Waals surface area (Å²) in [5.74, 6) is -0.342. The van der Waals surface area contributed by atoms with Crippen LogP contribution >= 0.6 is 0 Å². The first kappa shape index (κ1) is 17.2. The Balaban J connectivity index is 1.84. The quantitative estimate of drug-likeness (QED) is 0.794. The molecule has 0 aliphatic carbocycles. The van der Waals surface area contributed by atoms with Gasteiger partial charge in [-0.05, 0) is 37.0 Å². The molecule has 23 heavy (non-hydrogen) atoms. The van der Waals surface area contributed by atoms with Crippen molar-refractivity contribution in [2.24, 2.45) is 0 Å². The number of nitrogens with one attached hydrogen (secondary N) is 1. The second-order valence-electron chi connectivity index (χ2n) is 5.47. The predicted octanol–water partition coefficient (Wildman–Crippen LogP) is 2.84. The monoisotopic (exact) mass is 331 g/mol. The number of rotatable bonds is 7. The van der Waals surface area contributed by atoms with Crippen LogP contribution in [0.25, 0.3) is 0 Å². The molecule has 1 N–H and O–H groups in total. The third-order valence-electron chi connectivity index (χ3n) is 3.55. The zero-order chi connectivity index (χ0) is 16.7. The Morgan fingerprint density at radius 2 is 1.61 bits per heavy atom. The van der Waals surface area contributed by atoms with Crippen LogP contribution in [0.2, 0.25) is 0 Å². The van der Waals surface area contributed by atoms with Crippen molar-refractivity contribution in [3.05, 3.63) is 65.7 Å². The van der Waals surface area contributed by atoms with Crippen LogP contribution in [-0.4, -0.2) is 27.1 Å². The minimum Gasteiger partial charge on any atom is -0.352 e. The number of aryl methyl sites for hydroxylation is 1. The van der Waals surface area contributed by atoms with E-state index in [1.165, 1.54) is 17.7 Å². The van der Waals surface area contributed by atoms with Crippen molar-refractivity contribution >= 4 is 15.7 Å². The van der Waals surface area contributed by atoms with Gasteiger partial charge in [0.05, 0.1) is 10.5 Å². The fourth-order valence-electron chi connectivity index (χ4n) is 2.37. The van der Waals surface area contributed by atoms with Crippen LogP contribution in [0.1, 0.15) is 28.8 Å².